The van der Waals surface area contributed by atoms with Crippen molar-refractivity contribution < 1.29 is 9.84 Å². The fraction of sp³-hybridized carbons (Fsp3) is 0.217. The number of aryl methyl sites for hydroxylation is 1. The normalized spacial score (nSPS) is 22.2. The molecule has 0 saturated carbocycles. The Hall–Kier alpha value is -2.58. The van der Waals surface area contributed by atoms with Gasteiger partial charge < -0.3 is 9.84 Å². The summed E-state index contributed by atoms with van der Waals surface area (Å²) in [6, 6.07) is 26.4. The van der Waals surface area contributed by atoms with Crippen LogP contribution in [0.3, 0.4) is 0 Å². The third kappa shape index (κ3) is 2.63. The van der Waals surface area contributed by atoms with Gasteiger partial charge in [0, 0.05) is 5.92 Å². The van der Waals surface area contributed by atoms with Crippen LogP contribution in [0.4, 0.5) is 0 Å². The summed E-state index contributed by atoms with van der Waals surface area (Å²) in [4.78, 5) is 0. The number of aliphatic hydroxyl groups is 1. The maximum atomic E-state index is 12.0. The molecule has 0 spiro atoms. The molecule has 2 nitrogen and oxygen atoms in total. The summed E-state index contributed by atoms with van der Waals surface area (Å²) in [5.74, 6) is 0.865. The van der Waals surface area contributed by atoms with Crippen LogP contribution in [0.2, 0.25) is 0 Å². The lowest BCUT2D eigenvalue weighted by molar-refractivity contribution is 0.0383. The van der Waals surface area contributed by atoms with Crippen LogP contribution in [-0.2, 0) is 12.0 Å². The lowest BCUT2D eigenvalue weighted by Crippen LogP contribution is -2.39. The summed E-state index contributed by atoms with van der Waals surface area (Å²) in [6.07, 6.45) is 1.83. The minimum Gasteiger partial charge on any atom is -0.497 e. The largest absolute Gasteiger partial charge is 0.497 e. The van der Waals surface area contributed by atoms with Crippen LogP contribution < -0.4 is 4.74 Å². The van der Waals surface area contributed by atoms with Crippen LogP contribution in [0.25, 0.3) is 0 Å². The molecule has 25 heavy (non-hydrogen) atoms. The average molecular weight is 330 g/mol. The summed E-state index contributed by atoms with van der Waals surface area (Å²) in [5, 5.41) is 12.0. The first-order valence-corrected chi connectivity index (χ1v) is 8.73. The zero-order valence-corrected chi connectivity index (χ0v) is 14.4. The molecule has 1 aliphatic rings. The second kappa shape index (κ2) is 6.38. The van der Waals surface area contributed by atoms with Crippen LogP contribution in [0, 0.1) is 0 Å². The van der Waals surface area contributed by atoms with E-state index >= 15 is 0 Å². The number of fused-ring (bicyclic) bond motifs is 1. The number of rotatable bonds is 3. The van der Waals surface area contributed by atoms with Crippen LogP contribution in [0.15, 0.2) is 78.9 Å². The Labute approximate surface area is 148 Å². The van der Waals surface area contributed by atoms with E-state index < -0.39 is 5.60 Å². The van der Waals surface area contributed by atoms with Crippen molar-refractivity contribution in [2.75, 3.05) is 7.11 Å². The summed E-state index contributed by atoms with van der Waals surface area (Å²) >= 11 is 0. The zero-order chi connectivity index (χ0) is 17.3. The molecule has 2 heteroatoms. The molecular formula is C23H22O2. The average Bonchev–Trinajstić information content (AvgIpc) is 2.69. The van der Waals surface area contributed by atoms with Crippen LogP contribution in [0.5, 0.6) is 5.75 Å². The van der Waals surface area contributed by atoms with E-state index in [9.17, 15) is 5.11 Å². The van der Waals surface area contributed by atoms with E-state index in [4.69, 9.17) is 4.74 Å². The minimum atomic E-state index is -1.04. The molecule has 0 amide bonds. The van der Waals surface area contributed by atoms with E-state index in [0.29, 0.717) is 0 Å². The topological polar surface area (TPSA) is 29.5 Å². The molecule has 0 saturated heterocycles. The predicted octanol–water partition coefficient (Wildman–Crippen LogP) is 4.66. The third-order valence-electron chi connectivity index (χ3n) is 5.35. The number of benzene rings is 3. The van der Waals surface area contributed by atoms with E-state index in [0.717, 1.165) is 35.3 Å². The van der Waals surface area contributed by atoms with Crippen molar-refractivity contribution in [2.45, 2.75) is 24.4 Å². The minimum absolute atomic E-state index is 0.0250. The van der Waals surface area contributed by atoms with Crippen LogP contribution in [-0.4, -0.2) is 12.2 Å². The van der Waals surface area contributed by atoms with Crippen molar-refractivity contribution in [1.82, 2.24) is 0 Å². The molecule has 2 atom stereocenters. The van der Waals surface area contributed by atoms with E-state index in [1.165, 1.54) is 5.56 Å². The molecule has 3 aromatic rings. The highest BCUT2D eigenvalue weighted by Gasteiger charge is 2.44. The van der Waals surface area contributed by atoms with Gasteiger partial charge in [-0.25, -0.2) is 0 Å². The fourth-order valence-electron chi connectivity index (χ4n) is 4.11. The van der Waals surface area contributed by atoms with E-state index in [1.54, 1.807) is 7.11 Å². The van der Waals surface area contributed by atoms with E-state index in [1.807, 2.05) is 60.7 Å². The highest BCUT2D eigenvalue weighted by Crippen LogP contribution is 2.49. The molecule has 0 bridgehead atoms. The van der Waals surface area contributed by atoms with Gasteiger partial charge in [0.05, 0.1) is 7.11 Å². The maximum absolute atomic E-state index is 12.0. The van der Waals surface area contributed by atoms with Gasteiger partial charge in [-0.05, 0) is 47.2 Å². The highest BCUT2D eigenvalue weighted by atomic mass is 16.5. The lowest BCUT2D eigenvalue weighted by atomic mass is 9.66. The molecule has 1 aliphatic carbocycles. The lowest BCUT2D eigenvalue weighted by Gasteiger charge is -2.42. The quantitative estimate of drug-likeness (QED) is 0.757. The second-order valence-corrected chi connectivity index (χ2v) is 6.66. The standard InChI is InChI=1S/C23H22O2/c1-25-20-13-15-22-18(16-20)12-14-21(17-8-4-2-5-9-17)23(22,24)19-10-6-3-7-11-19/h2-11,13,15-16,21,24H,12,14H2,1H3. The van der Waals surface area contributed by atoms with Gasteiger partial charge in [0.2, 0.25) is 0 Å². The van der Waals surface area contributed by atoms with Crippen molar-refractivity contribution in [2.24, 2.45) is 0 Å². The van der Waals surface area contributed by atoms with Crippen molar-refractivity contribution in [3.8, 4) is 5.75 Å². The molecule has 3 aromatic carbocycles. The summed E-state index contributed by atoms with van der Waals surface area (Å²) < 4.78 is 5.38. The Kier molecular flexibility index (Phi) is 4.06. The molecular weight excluding hydrogens is 308 g/mol. The van der Waals surface area contributed by atoms with Gasteiger partial charge in [-0.2, -0.15) is 0 Å². The number of hydrogen-bond acceptors (Lipinski definition) is 2. The van der Waals surface area contributed by atoms with Gasteiger partial charge in [-0.1, -0.05) is 66.7 Å². The van der Waals surface area contributed by atoms with Gasteiger partial charge in [0.1, 0.15) is 11.4 Å². The van der Waals surface area contributed by atoms with E-state index in [-0.39, 0.29) is 5.92 Å². The molecule has 4 rings (SSSR count). The van der Waals surface area contributed by atoms with Crippen molar-refractivity contribution >= 4 is 0 Å². The first-order valence-electron chi connectivity index (χ1n) is 8.73. The molecule has 0 heterocycles. The van der Waals surface area contributed by atoms with Gasteiger partial charge in [0.15, 0.2) is 0 Å². The first kappa shape index (κ1) is 15.9. The Balaban J connectivity index is 1.92. The molecule has 0 aliphatic heterocycles. The first-order chi connectivity index (χ1) is 12.2. The van der Waals surface area contributed by atoms with Crippen molar-refractivity contribution in [3.63, 3.8) is 0 Å². The summed E-state index contributed by atoms with van der Waals surface area (Å²) in [7, 11) is 1.68. The molecule has 0 aromatic heterocycles. The van der Waals surface area contributed by atoms with Gasteiger partial charge in [-0.15, -0.1) is 0 Å². The predicted molar refractivity (Wildman–Crippen MR) is 99.9 cm³/mol. The number of ether oxygens (including phenoxy) is 1. The Morgan fingerprint density at radius 2 is 1.60 bits per heavy atom. The van der Waals surface area contributed by atoms with Crippen LogP contribution in [0.1, 0.15) is 34.6 Å². The Bertz CT molecular complexity index is 858. The summed E-state index contributed by atoms with van der Waals surface area (Å²) in [5.41, 5.74) is 3.23. The third-order valence-corrected chi connectivity index (χ3v) is 5.35. The Morgan fingerprint density at radius 3 is 2.28 bits per heavy atom. The van der Waals surface area contributed by atoms with Crippen molar-refractivity contribution in [3.05, 3.63) is 101 Å². The SMILES string of the molecule is COc1ccc2c(c1)CCC(c1ccccc1)C2(O)c1ccccc1. The monoisotopic (exact) mass is 330 g/mol. The molecule has 2 unspecified atom stereocenters. The highest BCUT2D eigenvalue weighted by molar-refractivity contribution is 5.50. The zero-order valence-electron chi connectivity index (χ0n) is 14.4. The van der Waals surface area contributed by atoms with Gasteiger partial charge in [0.25, 0.3) is 0 Å². The molecule has 1 N–H and O–H groups in total. The van der Waals surface area contributed by atoms with E-state index in [2.05, 4.69) is 18.2 Å². The van der Waals surface area contributed by atoms with Crippen LogP contribution >= 0.6 is 0 Å². The second-order valence-electron chi connectivity index (χ2n) is 6.66. The Morgan fingerprint density at radius 1 is 0.920 bits per heavy atom. The number of methoxy groups -OCH3 is 1. The maximum Gasteiger partial charge on any atom is 0.122 e. The molecule has 126 valence electrons. The smallest absolute Gasteiger partial charge is 0.122 e. The number of hydrogen-bond donors (Lipinski definition) is 1. The fourth-order valence-corrected chi connectivity index (χ4v) is 4.11. The molecule has 0 fully saturated rings. The van der Waals surface area contributed by atoms with Crippen molar-refractivity contribution in [1.29, 1.82) is 0 Å². The summed E-state index contributed by atoms with van der Waals surface area (Å²) in [6.45, 7) is 0. The molecule has 0 radical (unpaired) electrons. The van der Waals surface area contributed by atoms with Gasteiger partial charge >= 0.3 is 0 Å². The van der Waals surface area contributed by atoms with Gasteiger partial charge in [-0.3, -0.25) is 0 Å².